The molecule has 1 aliphatic heterocycles. The number of hydrogen-bond acceptors (Lipinski definition) is 5. The molecular formula is C25H20N2O4S. The van der Waals surface area contributed by atoms with Crippen LogP contribution >= 0.6 is 11.8 Å². The van der Waals surface area contributed by atoms with Crippen molar-refractivity contribution in [1.82, 2.24) is 5.32 Å². The second-order valence-corrected chi connectivity index (χ2v) is 8.21. The van der Waals surface area contributed by atoms with Crippen LogP contribution in [0.4, 0.5) is 5.69 Å². The molecule has 0 aromatic heterocycles. The third-order valence-electron chi connectivity index (χ3n) is 4.68. The predicted molar refractivity (Wildman–Crippen MR) is 126 cm³/mol. The highest BCUT2D eigenvalue weighted by molar-refractivity contribution is 8.18. The fourth-order valence-electron chi connectivity index (χ4n) is 2.97. The zero-order valence-corrected chi connectivity index (χ0v) is 18.1. The minimum atomic E-state index is -0.959. The molecular weight excluding hydrogens is 424 g/mol. The first-order chi connectivity index (χ1) is 15.5. The van der Waals surface area contributed by atoms with Crippen molar-refractivity contribution in [3.8, 4) is 5.75 Å². The molecule has 7 heteroatoms. The SMILES string of the molecule is Cc1ccc(N=C2NC(=O)/C(=C/c3cccc(OCc4ccc(C(=O)O)cc4)c3)S2)cc1. The lowest BCUT2D eigenvalue weighted by molar-refractivity contribution is -0.115. The number of amidine groups is 1. The number of nitrogens with zero attached hydrogens (tertiary/aromatic N) is 1. The van der Waals surface area contributed by atoms with Crippen molar-refractivity contribution in [2.45, 2.75) is 13.5 Å². The minimum Gasteiger partial charge on any atom is -0.489 e. The Labute approximate surface area is 189 Å². The topological polar surface area (TPSA) is 88.0 Å². The molecule has 0 saturated carbocycles. The van der Waals surface area contributed by atoms with Crippen LogP contribution in [0.3, 0.4) is 0 Å². The van der Waals surface area contributed by atoms with Crippen molar-refractivity contribution >= 4 is 40.6 Å². The van der Waals surface area contributed by atoms with Gasteiger partial charge in [-0.3, -0.25) is 4.79 Å². The van der Waals surface area contributed by atoms with Crippen LogP contribution in [0.2, 0.25) is 0 Å². The molecule has 0 unspecified atom stereocenters. The van der Waals surface area contributed by atoms with Crippen molar-refractivity contribution < 1.29 is 19.4 Å². The van der Waals surface area contributed by atoms with E-state index in [0.29, 0.717) is 22.4 Å². The molecule has 0 spiro atoms. The van der Waals surface area contributed by atoms with Crippen LogP contribution in [-0.2, 0) is 11.4 Å². The predicted octanol–water partition coefficient (Wildman–Crippen LogP) is 5.16. The second-order valence-electron chi connectivity index (χ2n) is 7.18. The maximum Gasteiger partial charge on any atom is 0.335 e. The third-order valence-corrected chi connectivity index (χ3v) is 5.59. The van der Waals surface area contributed by atoms with Gasteiger partial charge in [-0.05, 0) is 72.3 Å². The van der Waals surface area contributed by atoms with Crippen LogP contribution < -0.4 is 10.1 Å². The Morgan fingerprint density at radius 3 is 2.56 bits per heavy atom. The number of carboxylic acids is 1. The number of benzene rings is 3. The largest absolute Gasteiger partial charge is 0.489 e. The molecule has 2 N–H and O–H groups in total. The average Bonchev–Trinajstić information content (AvgIpc) is 3.13. The lowest BCUT2D eigenvalue weighted by atomic mass is 10.1. The van der Waals surface area contributed by atoms with E-state index in [9.17, 15) is 9.59 Å². The number of rotatable bonds is 6. The number of ether oxygens (including phenoxy) is 1. The summed E-state index contributed by atoms with van der Waals surface area (Å²) in [5.74, 6) is -0.497. The van der Waals surface area contributed by atoms with Crippen LogP contribution in [0, 0.1) is 6.92 Å². The van der Waals surface area contributed by atoms with Gasteiger partial charge in [-0.25, -0.2) is 9.79 Å². The average molecular weight is 445 g/mol. The van der Waals surface area contributed by atoms with Crippen LogP contribution in [0.25, 0.3) is 6.08 Å². The quantitative estimate of drug-likeness (QED) is 0.513. The van der Waals surface area contributed by atoms with Crippen LogP contribution in [0.15, 0.2) is 82.7 Å². The van der Waals surface area contributed by atoms with Crippen molar-refractivity contribution in [2.75, 3.05) is 0 Å². The molecule has 0 atom stereocenters. The van der Waals surface area contributed by atoms with E-state index in [1.807, 2.05) is 55.5 Å². The number of thioether (sulfide) groups is 1. The molecule has 1 amide bonds. The number of nitrogens with one attached hydrogen (secondary N) is 1. The first kappa shape index (κ1) is 21.4. The molecule has 3 aromatic carbocycles. The Kier molecular flexibility index (Phi) is 6.37. The second kappa shape index (κ2) is 9.53. The molecule has 0 bridgehead atoms. The van der Waals surface area contributed by atoms with Gasteiger partial charge < -0.3 is 15.2 Å². The summed E-state index contributed by atoms with van der Waals surface area (Å²) >= 11 is 1.29. The number of carboxylic acid groups (broad SMARTS) is 1. The smallest absolute Gasteiger partial charge is 0.335 e. The van der Waals surface area contributed by atoms with Gasteiger partial charge in [0.25, 0.3) is 5.91 Å². The highest BCUT2D eigenvalue weighted by atomic mass is 32.2. The molecule has 1 saturated heterocycles. The number of carbonyl (C=O) groups excluding carboxylic acids is 1. The van der Waals surface area contributed by atoms with Crippen molar-refractivity contribution in [3.05, 3.63) is 100.0 Å². The molecule has 0 aliphatic carbocycles. The maximum atomic E-state index is 12.4. The molecule has 1 aliphatic rings. The maximum absolute atomic E-state index is 12.4. The van der Waals surface area contributed by atoms with E-state index in [-0.39, 0.29) is 11.5 Å². The highest BCUT2D eigenvalue weighted by Gasteiger charge is 2.23. The first-order valence-corrected chi connectivity index (χ1v) is 10.7. The molecule has 6 nitrogen and oxygen atoms in total. The number of carbonyl (C=O) groups is 2. The summed E-state index contributed by atoms with van der Waals surface area (Å²) in [4.78, 5) is 28.3. The molecule has 3 aromatic rings. The van der Waals surface area contributed by atoms with Gasteiger partial charge in [0, 0.05) is 0 Å². The van der Waals surface area contributed by atoms with E-state index in [4.69, 9.17) is 9.84 Å². The van der Waals surface area contributed by atoms with Gasteiger partial charge in [0.15, 0.2) is 5.17 Å². The number of aromatic carboxylic acids is 1. The van der Waals surface area contributed by atoms with E-state index >= 15 is 0 Å². The lowest BCUT2D eigenvalue weighted by Gasteiger charge is -2.07. The Morgan fingerprint density at radius 2 is 1.84 bits per heavy atom. The summed E-state index contributed by atoms with van der Waals surface area (Å²) in [5.41, 5.74) is 3.86. The molecule has 1 heterocycles. The van der Waals surface area contributed by atoms with Gasteiger partial charge in [0.1, 0.15) is 12.4 Å². The monoisotopic (exact) mass is 444 g/mol. The van der Waals surface area contributed by atoms with Gasteiger partial charge in [0.2, 0.25) is 0 Å². The summed E-state index contributed by atoms with van der Waals surface area (Å²) in [6.07, 6.45) is 1.80. The van der Waals surface area contributed by atoms with E-state index in [1.165, 1.54) is 11.8 Å². The highest BCUT2D eigenvalue weighted by Crippen LogP contribution is 2.29. The number of hydrogen-bond donors (Lipinski definition) is 2. The molecule has 160 valence electrons. The van der Waals surface area contributed by atoms with Crippen LogP contribution in [0.5, 0.6) is 5.75 Å². The molecule has 32 heavy (non-hydrogen) atoms. The van der Waals surface area contributed by atoms with Crippen molar-refractivity contribution in [3.63, 3.8) is 0 Å². The lowest BCUT2D eigenvalue weighted by Crippen LogP contribution is -2.19. The van der Waals surface area contributed by atoms with Gasteiger partial charge in [-0.1, -0.05) is 42.0 Å². The van der Waals surface area contributed by atoms with Crippen LogP contribution in [-0.4, -0.2) is 22.2 Å². The molecule has 4 rings (SSSR count). The van der Waals surface area contributed by atoms with Gasteiger partial charge >= 0.3 is 5.97 Å². The Hall–Kier alpha value is -3.84. The Balaban J connectivity index is 1.43. The molecule has 0 radical (unpaired) electrons. The summed E-state index contributed by atoms with van der Waals surface area (Å²) < 4.78 is 5.83. The summed E-state index contributed by atoms with van der Waals surface area (Å²) in [6.45, 7) is 2.32. The molecule has 1 fully saturated rings. The van der Waals surface area contributed by atoms with Crippen LogP contribution in [0.1, 0.15) is 27.0 Å². The summed E-state index contributed by atoms with van der Waals surface area (Å²) in [7, 11) is 0. The fourth-order valence-corrected chi connectivity index (χ4v) is 3.81. The first-order valence-electron chi connectivity index (χ1n) is 9.88. The zero-order valence-electron chi connectivity index (χ0n) is 17.2. The van der Waals surface area contributed by atoms with E-state index in [2.05, 4.69) is 10.3 Å². The van der Waals surface area contributed by atoms with Gasteiger partial charge in [-0.2, -0.15) is 0 Å². The fraction of sp³-hybridized carbons (Fsp3) is 0.0800. The summed E-state index contributed by atoms with van der Waals surface area (Å²) in [5, 5.41) is 12.3. The number of amides is 1. The van der Waals surface area contributed by atoms with E-state index in [1.54, 1.807) is 30.3 Å². The third kappa shape index (κ3) is 5.44. The number of aliphatic imine (C=N–C) groups is 1. The van der Waals surface area contributed by atoms with Gasteiger partial charge in [-0.15, -0.1) is 0 Å². The van der Waals surface area contributed by atoms with Crippen molar-refractivity contribution in [1.29, 1.82) is 0 Å². The summed E-state index contributed by atoms with van der Waals surface area (Å²) in [6, 6.07) is 21.8. The Morgan fingerprint density at radius 1 is 1.09 bits per heavy atom. The normalized spacial score (nSPS) is 15.7. The zero-order chi connectivity index (χ0) is 22.5. The standard InChI is InChI=1S/C25H20N2O4S/c1-16-5-11-20(12-6-16)26-25-27-23(28)22(32-25)14-18-3-2-4-21(13-18)31-15-17-7-9-19(10-8-17)24(29)30/h2-14H,15H2,1H3,(H,29,30)(H,26,27,28)/b22-14-. The van der Waals surface area contributed by atoms with E-state index < -0.39 is 5.97 Å². The van der Waals surface area contributed by atoms with Crippen molar-refractivity contribution in [2.24, 2.45) is 4.99 Å². The van der Waals surface area contributed by atoms with Gasteiger partial charge in [0.05, 0.1) is 16.2 Å². The Bertz CT molecular complexity index is 1220. The minimum absolute atomic E-state index is 0.189. The van der Waals surface area contributed by atoms with E-state index in [0.717, 1.165) is 22.4 Å². The number of aryl methyl sites for hydroxylation is 1.